The highest BCUT2D eigenvalue weighted by atomic mass is 33.1. The van der Waals surface area contributed by atoms with Crippen LogP contribution in [0.3, 0.4) is 0 Å². The molecule has 0 saturated carbocycles. The van der Waals surface area contributed by atoms with E-state index in [4.69, 9.17) is 16.2 Å². The van der Waals surface area contributed by atoms with Crippen molar-refractivity contribution in [2.75, 3.05) is 6.61 Å². The summed E-state index contributed by atoms with van der Waals surface area (Å²) in [4.78, 5) is 7.15. The van der Waals surface area contributed by atoms with Crippen LogP contribution in [-0.4, -0.2) is 17.1 Å². The van der Waals surface area contributed by atoms with Crippen molar-refractivity contribution in [2.45, 2.75) is 20.8 Å². The first-order valence-corrected chi connectivity index (χ1v) is 13.7. The number of hydrogen-bond donors (Lipinski definition) is 0. The van der Waals surface area contributed by atoms with E-state index in [1.165, 1.54) is 9.79 Å². The molecule has 3 aromatic carbocycles. The summed E-state index contributed by atoms with van der Waals surface area (Å²) in [7, 11) is 7.16. The second-order valence-electron chi connectivity index (χ2n) is 5.95. The average molecular weight is 468 g/mol. The maximum Gasteiger partial charge on any atom is 0.191 e. The third-order valence-electron chi connectivity index (χ3n) is 3.66. The number of para-hydroxylation sites is 1. The minimum absolute atomic E-state index is 0.214. The van der Waals surface area contributed by atoms with Gasteiger partial charge in [-0.05, 0) is 36.4 Å². The lowest BCUT2D eigenvalue weighted by molar-refractivity contribution is 0.348. The van der Waals surface area contributed by atoms with Crippen molar-refractivity contribution >= 4 is 54.8 Å². The van der Waals surface area contributed by atoms with Gasteiger partial charge in [-0.15, -0.1) is 6.42 Å². The molecule has 0 radical (unpaired) electrons. The SMILES string of the molecule is C#CCO/C(CC(SSc1ccccc1)SSc1ccccc1)=N\c1ccccc1. The number of rotatable bonds is 10. The minimum atomic E-state index is 0.214. The maximum atomic E-state index is 5.80. The highest BCUT2D eigenvalue weighted by Crippen LogP contribution is 2.47. The zero-order valence-corrected chi connectivity index (χ0v) is 19.5. The molecule has 2 nitrogen and oxygen atoms in total. The average Bonchev–Trinajstić information content (AvgIpc) is 2.81. The van der Waals surface area contributed by atoms with E-state index in [1.807, 2.05) is 64.1 Å². The number of benzene rings is 3. The van der Waals surface area contributed by atoms with Crippen LogP contribution < -0.4 is 0 Å². The summed E-state index contributed by atoms with van der Waals surface area (Å²) >= 11 is 0. The van der Waals surface area contributed by atoms with E-state index in [9.17, 15) is 0 Å². The number of ether oxygens (including phenoxy) is 1. The van der Waals surface area contributed by atoms with E-state index in [-0.39, 0.29) is 11.2 Å². The second kappa shape index (κ2) is 13.4. The molecule has 0 atom stereocenters. The van der Waals surface area contributed by atoms with Crippen molar-refractivity contribution in [1.29, 1.82) is 0 Å². The first-order chi connectivity index (χ1) is 14.8. The van der Waals surface area contributed by atoms with E-state index in [2.05, 4.69) is 54.5 Å². The summed E-state index contributed by atoms with van der Waals surface area (Å²) in [6.07, 6.45) is 6.09. The molecule has 0 aliphatic heterocycles. The number of nitrogens with zero attached hydrogens (tertiary/aromatic N) is 1. The van der Waals surface area contributed by atoms with Crippen molar-refractivity contribution in [2.24, 2.45) is 4.99 Å². The van der Waals surface area contributed by atoms with Gasteiger partial charge in [0.25, 0.3) is 0 Å². The molecular formula is C24H21NOS4. The lowest BCUT2D eigenvalue weighted by Gasteiger charge is -2.16. The fraction of sp³-hybridized carbons (Fsp3) is 0.125. The molecule has 0 amide bonds. The summed E-state index contributed by atoms with van der Waals surface area (Å²) in [6, 6.07) is 30.6. The predicted molar refractivity (Wildman–Crippen MR) is 137 cm³/mol. The third kappa shape index (κ3) is 8.45. The first kappa shape index (κ1) is 22.8. The molecule has 0 bridgehead atoms. The molecule has 0 aliphatic rings. The highest BCUT2D eigenvalue weighted by Gasteiger charge is 2.17. The van der Waals surface area contributed by atoms with Crippen LogP contribution in [0.2, 0.25) is 0 Å². The minimum Gasteiger partial charge on any atom is -0.468 e. The first-order valence-electron chi connectivity index (χ1n) is 9.29. The van der Waals surface area contributed by atoms with Gasteiger partial charge in [-0.25, -0.2) is 4.99 Å². The smallest absolute Gasteiger partial charge is 0.191 e. The maximum absolute atomic E-state index is 5.80. The molecule has 0 heterocycles. The molecule has 0 fully saturated rings. The standard InChI is InChI=1S/C24H21NOS4/c1-2-18-26-23(25-20-12-6-3-7-13-20)19-24(29-27-21-14-8-4-9-15-21)30-28-22-16-10-5-11-17-22/h1,3-17,24H,18-19H2/b25-23-. The van der Waals surface area contributed by atoms with Gasteiger partial charge in [0.2, 0.25) is 0 Å². The monoisotopic (exact) mass is 467 g/mol. The van der Waals surface area contributed by atoms with Gasteiger partial charge in [0, 0.05) is 16.2 Å². The van der Waals surface area contributed by atoms with E-state index in [1.54, 1.807) is 21.6 Å². The third-order valence-corrected chi connectivity index (χ3v) is 9.98. The molecule has 30 heavy (non-hydrogen) atoms. The molecular weight excluding hydrogens is 447 g/mol. The van der Waals surface area contributed by atoms with Gasteiger partial charge in [0.1, 0.15) is 6.61 Å². The van der Waals surface area contributed by atoms with E-state index >= 15 is 0 Å². The number of hydrogen-bond acceptors (Lipinski definition) is 6. The summed E-state index contributed by atoms with van der Waals surface area (Å²) in [5, 5.41) is 0. The number of aliphatic imine (C=N–C) groups is 1. The normalized spacial score (nSPS) is 11.3. The Kier molecular flexibility index (Phi) is 10.2. The van der Waals surface area contributed by atoms with Crippen LogP contribution in [0.15, 0.2) is 106 Å². The molecule has 0 unspecified atom stereocenters. The molecule has 3 aromatic rings. The zero-order chi connectivity index (χ0) is 20.9. The summed E-state index contributed by atoms with van der Waals surface area (Å²) in [5.41, 5.74) is 0.865. The largest absolute Gasteiger partial charge is 0.468 e. The molecule has 0 N–H and O–H groups in total. The van der Waals surface area contributed by atoms with Crippen molar-refractivity contribution in [1.82, 2.24) is 0 Å². The van der Waals surface area contributed by atoms with Gasteiger partial charge in [-0.3, -0.25) is 0 Å². The molecule has 0 aromatic heterocycles. The Morgan fingerprint density at radius 1 is 0.800 bits per heavy atom. The van der Waals surface area contributed by atoms with Crippen LogP contribution in [0.4, 0.5) is 5.69 Å². The van der Waals surface area contributed by atoms with E-state index in [0.717, 1.165) is 5.69 Å². The van der Waals surface area contributed by atoms with Crippen LogP contribution in [0.1, 0.15) is 6.42 Å². The lowest BCUT2D eigenvalue weighted by Crippen LogP contribution is -2.11. The summed E-state index contributed by atoms with van der Waals surface area (Å²) in [5.74, 6) is 3.20. The summed E-state index contributed by atoms with van der Waals surface area (Å²) in [6.45, 7) is 0.214. The molecule has 0 aliphatic carbocycles. The Balaban J connectivity index is 1.71. The fourth-order valence-corrected chi connectivity index (χ4v) is 8.08. The van der Waals surface area contributed by atoms with Gasteiger partial charge in [0.05, 0.1) is 10.3 Å². The quantitative estimate of drug-likeness (QED) is 0.0988. The molecule has 0 saturated heterocycles. The van der Waals surface area contributed by atoms with Gasteiger partial charge in [-0.1, -0.05) is 104 Å². The van der Waals surface area contributed by atoms with Gasteiger partial charge in [-0.2, -0.15) is 0 Å². The Morgan fingerprint density at radius 2 is 1.30 bits per heavy atom. The van der Waals surface area contributed by atoms with Crippen molar-refractivity contribution in [3.05, 3.63) is 91.0 Å². The molecule has 6 heteroatoms. The lowest BCUT2D eigenvalue weighted by atomic mass is 10.3. The Bertz CT molecular complexity index is 900. The molecule has 152 valence electrons. The van der Waals surface area contributed by atoms with Crippen molar-refractivity contribution in [3.63, 3.8) is 0 Å². The van der Waals surface area contributed by atoms with E-state index in [0.29, 0.717) is 12.3 Å². The Hall–Kier alpha value is -1.91. The van der Waals surface area contributed by atoms with Crippen LogP contribution in [0.25, 0.3) is 0 Å². The van der Waals surface area contributed by atoms with Gasteiger partial charge in [0.15, 0.2) is 5.90 Å². The van der Waals surface area contributed by atoms with E-state index < -0.39 is 0 Å². The zero-order valence-electron chi connectivity index (χ0n) is 16.2. The molecule has 3 rings (SSSR count). The topological polar surface area (TPSA) is 21.6 Å². The van der Waals surface area contributed by atoms with Crippen LogP contribution >= 0.6 is 43.2 Å². The predicted octanol–water partition coefficient (Wildman–Crippen LogP) is 7.96. The van der Waals surface area contributed by atoms with Crippen LogP contribution in [0.5, 0.6) is 0 Å². The van der Waals surface area contributed by atoms with Crippen LogP contribution in [0, 0.1) is 12.3 Å². The summed E-state index contributed by atoms with van der Waals surface area (Å²) < 4.78 is 6.02. The van der Waals surface area contributed by atoms with Crippen molar-refractivity contribution < 1.29 is 4.74 Å². The molecule has 0 spiro atoms. The second-order valence-corrected chi connectivity index (χ2v) is 11.2. The Morgan fingerprint density at radius 3 is 1.80 bits per heavy atom. The Labute approximate surface area is 194 Å². The van der Waals surface area contributed by atoms with Crippen molar-refractivity contribution in [3.8, 4) is 12.3 Å². The van der Waals surface area contributed by atoms with Crippen LogP contribution in [-0.2, 0) is 4.74 Å². The number of terminal acetylenes is 1. The van der Waals surface area contributed by atoms with Gasteiger partial charge < -0.3 is 4.74 Å². The highest BCUT2D eigenvalue weighted by molar-refractivity contribution is 8.85. The fourth-order valence-electron chi connectivity index (χ4n) is 2.31. The van der Waals surface area contributed by atoms with Gasteiger partial charge >= 0.3 is 0 Å².